The van der Waals surface area contributed by atoms with E-state index in [1.165, 1.54) is 0 Å². The lowest BCUT2D eigenvalue weighted by Gasteiger charge is -2.23. The van der Waals surface area contributed by atoms with Crippen molar-refractivity contribution >= 4 is 11.7 Å². The molecule has 1 aromatic carbocycles. The van der Waals surface area contributed by atoms with Crippen LogP contribution in [-0.2, 0) is 23.8 Å². The number of carboxylic acid groups (broad SMARTS) is 1. The molecule has 1 aromatic heterocycles. The minimum absolute atomic E-state index is 0.612. The van der Waals surface area contributed by atoms with E-state index < -0.39 is 11.4 Å². The Hall–Kier alpha value is -2.30. The van der Waals surface area contributed by atoms with Crippen LogP contribution in [0.5, 0.6) is 0 Å². The monoisotopic (exact) mass is 273 g/mol. The molecule has 2 rings (SSSR count). The second-order valence-electron chi connectivity index (χ2n) is 5.35. The van der Waals surface area contributed by atoms with Gasteiger partial charge in [-0.2, -0.15) is 5.10 Å². The molecular weight excluding hydrogens is 254 g/mol. The Bertz CT molecular complexity index is 617. The van der Waals surface area contributed by atoms with Gasteiger partial charge in [-0.25, -0.2) is 0 Å². The number of para-hydroxylation sites is 1. The molecule has 5 nitrogen and oxygen atoms in total. The predicted octanol–water partition coefficient (Wildman–Crippen LogP) is 2.39. The van der Waals surface area contributed by atoms with Gasteiger partial charge in [0.1, 0.15) is 0 Å². The average molecular weight is 273 g/mol. The fourth-order valence-corrected chi connectivity index (χ4v) is 2.06. The van der Waals surface area contributed by atoms with Crippen molar-refractivity contribution in [2.45, 2.75) is 25.8 Å². The molecule has 106 valence electrons. The molecule has 0 atom stereocenters. The van der Waals surface area contributed by atoms with Crippen LogP contribution in [0.2, 0.25) is 0 Å². The van der Waals surface area contributed by atoms with E-state index in [9.17, 15) is 9.90 Å². The molecule has 2 aromatic rings. The summed E-state index contributed by atoms with van der Waals surface area (Å²) in [6.45, 7) is 4.03. The summed E-state index contributed by atoms with van der Waals surface area (Å²) >= 11 is 0. The molecule has 0 aliphatic rings. The van der Waals surface area contributed by atoms with Gasteiger partial charge < -0.3 is 10.4 Å². The summed E-state index contributed by atoms with van der Waals surface area (Å²) in [7, 11) is 1.87. The SMILES string of the molecule is Cn1cc(CNc2ccccc2C(C)(C)C(=O)O)cn1. The topological polar surface area (TPSA) is 67.2 Å². The van der Waals surface area contributed by atoms with E-state index in [1.807, 2.05) is 37.5 Å². The third kappa shape index (κ3) is 2.82. The molecule has 20 heavy (non-hydrogen) atoms. The number of hydrogen-bond acceptors (Lipinski definition) is 3. The van der Waals surface area contributed by atoms with Crippen molar-refractivity contribution in [1.29, 1.82) is 0 Å². The molecule has 0 spiro atoms. The second kappa shape index (κ2) is 5.36. The van der Waals surface area contributed by atoms with Crippen LogP contribution in [-0.4, -0.2) is 20.9 Å². The van der Waals surface area contributed by atoms with Crippen molar-refractivity contribution in [2.24, 2.45) is 7.05 Å². The molecule has 2 N–H and O–H groups in total. The summed E-state index contributed by atoms with van der Waals surface area (Å²) in [5.74, 6) is -0.840. The van der Waals surface area contributed by atoms with Gasteiger partial charge in [-0.3, -0.25) is 9.48 Å². The molecule has 0 saturated carbocycles. The van der Waals surface area contributed by atoms with Gasteiger partial charge in [0.25, 0.3) is 0 Å². The minimum atomic E-state index is -0.932. The van der Waals surface area contributed by atoms with Crippen LogP contribution in [0, 0.1) is 0 Å². The molecule has 0 radical (unpaired) electrons. The number of carboxylic acids is 1. The predicted molar refractivity (Wildman–Crippen MR) is 77.6 cm³/mol. The van der Waals surface area contributed by atoms with E-state index >= 15 is 0 Å². The van der Waals surface area contributed by atoms with Crippen LogP contribution in [0.1, 0.15) is 25.0 Å². The lowest BCUT2D eigenvalue weighted by atomic mass is 9.83. The Labute approximate surface area is 118 Å². The number of aryl methyl sites for hydroxylation is 1. The van der Waals surface area contributed by atoms with Crippen LogP contribution >= 0.6 is 0 Å². The van der Waals surface area contributed by atoms with Crippen LogP contribution in [0.3, 0.4) is 0 Å². The smallest absolute Gasteiger partial charge is 0.313 e. The summed E-state index contributed by atoms with van der Waals surface area (Å²) in [6, 6.07) is 7.50. The third-order valence-corrected chi connectivity index (χ3v) is 3.38. The largest absolute Gasteiger partial charge is 0.481 e. The highest BCUT2D eigenvalue weighted by atomic mass is 16.4. The zero-order valence-corrected chi connectivity index (χ0v) is 11.9. The maximum Gasteiger partial charge on any atom is 0.313 e. The Kier molecular flexibility index (Phi) is 3.79. The molecule has 0 bridgehead atoms. The molecule has 1 heterocycles. The van der Waals surface area contributed by atoms with Gasteiger partial charge in [0, 0.05) is 31.0 Å². The first kappa shape index (κ1) is 14.1. The number of aromatic nitrogens is 2. The molecular formula is C15H19N3O2. The standard InChI is InChI=1S/C15H19N3O2/c1-15(2,14(19)20)12-6-4-5-7-13(12)16-8-11-9-17-18(3)10-11/h4-7,9-10,16H,8H2,1-3H3,(H,19,20). The number of anilines is 1. The van der Waals surface area contributed by atoms with E-state index in [2.05, 4.69) is 10.4 Å². The number of hydrogen-bond donors (Lipinski definition) is 2. The molecule has 0 amide bonds. The highest BCUT2D eigenvalue weighted by molar-refractivity contribution is 5.83. The Morgan fingerprint density at radius 2 is 2.10 bits per heavy atom. The van der Waals surface area contributed by atoms with Gasteiger partial charge in [-0.15, -0.1) is 0 Å². The Balaban J connectivity index is 2.22. The summed E-state index contributed by atoms with van der Waals surface area (Å²) < 4.78 is 1.74. The first-order valence-electron chi connectivity index (χ1n) is 6.45. The van der Waals surface area contributed by atoms with Crippen molar-refractivity contribution in [3.63, 3.8) is 0 Å². The quantitative estimate of drug-likeness (QED) is 0.877. The summed E-state index contributed by atoms with van der Waals surface area (Å²) in [5, 5.41) is 16.8. The number of carbonyl (C=O) groups is 1. The lowest BCUT2D eigenvalue weighted by Crippen LogP contribution is -2.29. The molecule has 0 fully saturated rings. The van der Waals surface area contributed by atoms with E-state index in [0.29, 0.717) is 6.54 Å². The first-order chi connectivity index (χ1) is 9.41. The number of benzene rings is 1. The van der Waals surface area contributed by atoms with Gasteiger partial charge in [-0.1, -0.05) is 18.2 Å². The van der Waals surface area contributed by atoms with Gasteiger partial charge in [-0.05, 0) is 25.5 Å². The molecule has 0 saturated heterocycles. The zero-order chi connectivity index (χ0) is 14.8. The van der Waals surface area contributed by atoms with Crippen molar-refractivity contribution in [1.82, 2.24) is 9.78 Å². The normalized spacial score (nSPS) is 11.3. The first-order valence-corrected chi connectivity index (χ1v) is 6.45. The summed E-state index contributed by atoms with van der Waals surface area (Å²) in [5.41, 5.74) is 1.73. The van der Waals surface area contributed by atoms with E-state index in [4.69, 9.17) is 0 Å². The van der Waals surface area contributed by atoms with Crippen LogP contribution in [0.4, 0.5) is 5.69 Å². The fraction of sp³-hybridized carbons (Fsp3) is 0.333. The molecule has 0 aliphatic heterocycles. The van der Waals surface area contributed by atoms with Crippen molar-refractivity contribution < 1.29 is 9.90 Å². The maximum atomic E-state index is 11.4. The minimum Gasteiger partial charge on any atom is -0.481 e. The van der Waals surface area contributed by atoms with Crippen molar-refractivity contribution in [3.05, 3.63) is 47.8 Å². The van der Waals surface area contributed by atoms with Gasteiger partial charge in [0.05, 0.1) is 11.6 Å². The average Bonchev–Trinajstić information content (AvgIpc) is 2.82. The van der Waals surface area contributed by atoms with E-state index in [0.717, 1.165) is 16.8 Å². The lowest BCUT2D eigenvalue weighted by molar-refractivity contribution is -0.142. The third-order valence-electron chi connectivity index (χ3n) is 3.38. The van der Waals surface area contributed by atoms with E-state index in [-0.39, 0.29) is 0 Å². The zero-order valence-electron chi connectivity index (χ0n) is 11.9. The molecule has 0 unspecified atom stereocenters. The van der Waals surface area contributed by atoms with Crippen LogP contribution < -0.4 is 5.32 Å². The second-order valence-corrected chi connectivity index (χ2v) is 5.35. The van der Waals surface area contributed by atoms with Crippen LogP contribution in [0.15, 0.2) is 36.7 Å². The molecule has 5 heteroatoms. The number of nitrogens with zero attached hydrogens (tertiary/aromatic N) is 2. The number of aliphatic carboxylic acids is 1. The van der Waals surface area contributed by atoms with Gasteiger partial charge in [0.15, 0.2) is 0 Å². The number of rotatable bonds is 5. The Morgan fingerprint density at radius 1 is 1.40 bits per heavy atom. The van der Waals surface area contributed by atoms with Gasteiger partial charge >= 0.3 is 5.97 Å². The van der Waals surface area contributed by atoms with Crippen LogP contribution in [0.25, 0.3) is 0 Å². The highest BCUT2D eigenvalue weighted by Crippen LogP contribution is 2.30. The highest BCUT2D eigenvalue weighted by Gasteiger charge is 2.31. The number of nitrogens with one attached hydrogen (secondary N) is 1. The Morgan fingerprint density at radius 3 is 2.70 bits per heavy atom. The fourth-order valence-electron chi connectivity index (χ4n) is 2.06. The van der Waals surface area contributed by atoms with E-state index in [1.54, 1.807) is 24.7 Å². The van der Waals surface area contributed by atoms with Gasteiger partial charge in [0.2, 0.25) is 0 Å². The summed E-state index contributed by atoms with van der Waals surface area (Å²) in [4.78, 5) is 11.4. The molecule has 0 aliphatic carbocycles. The maximum absolute atomic E-state index is 11.4. The van der Waals surface area contributed by atoms with Crippen molar-refractivity contribution in [2.75, 3.05) is 5.32 Å². The summed E-state index contributed by atoms with van der Waals surface area (Å²) in [6.07, 6.45) is 3.72. The van der Waals surface area contributed by atoms with Crippen molar-refractivity contribution in [3.8, 4) is 0 Å².